The molecule has 4 heavy (non-hydrogen) atoms. The molecule has 0 saturated carbocycles. The standard InChI is InChI=1S/Mo.2Ni.W. The molecule has 0 atom stereocenters. The van der Waals surface area contributed by atoms with E-state index in [2.05, 4.69) is 0 Å². The second-order valence-corrected chi connectivity index (χ2v) is 0. The molecule has 0 aliphatic carbocycles. The van der Waals surface area contributed by atoms with E-state index in [0.29, 0.717) is 0 Å². The van der Waals surface area contributed by atoms with Crippen molar-refractivity contribution in [2.24, 2.45) is 0 Å². The van der Waals surface area contributed by atoms with Gasteiger partial charge in [-0.05, 0) is 0 Å². The summed E-state index contributed by atoms with van der Waals surface area (Å²) in [5.41, 5.74) is 0. The predicted molar refractivity (Wildman–Crippen MR) is 0 cm³/mol. The van der Waals surface area contributed by atoms with Crippen molar-refractivity contribution in [1.29, 1.82) is 0 Å². The summed E-state index contributed by atoms with van der Waals surface area (Å²) < 4.78 is 0. The van der Waals surface area contributed by atoms with Crippen LogP contribution in [0.25, 0.3) is 0 Å². The second kappa shape index (κ2) is 18.3. The van der Waals surface area contributed by atoms with Gasteiger partial charge in [0.05, 0.1) is 0 Å². The largest absolute Gasteiger partial charge is 0 e. The fourth-order valence-corrected chi connectivity index (χ4v) is 0. The Bertz CT molecular complexity index is 6.00. The van der Waals surface area contributed by atoms with Crippen LogP contribution in [0.15, 0.2) is 0 Å². The molecule has 0 saturated heterocycles. The SMILES string of the molecule is [Mo].[Ni].[Ni].[W]. The van der Waals surface area contributed by atoms with Gasteiger partial charge in [0.15, 0.2) is 0 Å². The Labute approximate surface area is 74.2 Å². The van der Waals surface area contributed by atoms with Crippen LogP contribution in [0.3, 0.4) is 0 Å². The van der Waals surface area contributed by atoms with E-state index < -0.39 is 0 Å². The Balaban J connectivity index is 0. The first-order valence-electron chi connectivity index (χ1n) is 0. The molecule has 0 radical (unpaired) electrons. The van der Waals surface area contributed by atoms with E-state index in [4.69, 9.17) is 0 Å². The van der Waals surface area contributed by atoms with Crippen LogP contribution in [0.1, 0.15) is 0 Å². The van der Waals surface area contributed by atoms with Crippen molar-refractivity contribution in [1.82, 2.24) is 0 Å². The molecule has 0 rings (SSSR count). The number of rotatable bonds is 0. The summed E-state index contributed by atoms with van der Waals surface area (Å²) in [4.78, 5) is 0. The first-order chi connectivity index (χ1) is 0. The molecule has 0 amide bonds. The van der Waals surface area contributed by atoms with Crippen molar-refractivity contribution >= 4 is 0 Å². The van der Waals surface area contributed by atoms with Gasteiger partial charge in [0.2, 0.25) is 0 Å². The van der Waals surface area contributed by atoms with E-state index in [1.165, 1.54) is 0 Å². The summed E-state index contributed by atoms with van der Waals surface area (Å²) >= 11 is 0. The van der Waals surface area contributed by atoms with Gasteiger partial charge >= 0.3 is 0 Å². The van der Waals surface area contributed by atoms with Gasteiger partial charge in [-0.1, -0.05) is 0 Å². The summed E-state index contributed by atoms with van der Waals surface area (Å²) in [5.74, 6) is 0. The van der Waals surface area contributed by atoms with E-state index in [1.807, 2.05) is 0 Å². The molecule has 0 aliphatic rings. The topological polar surface area (TPSA) is 0 Å². The molecule has 0 aromatic heterocycles. The third-order valence-electron chi connectivity index (χ3n) is 0. The van der Waals surface area contributed by atoms with Crippen LogP contribution in [0.4, 0.5) is 0 Å². The van der Waals surface area contributed by atoms with Crippen molar-refractivity contribution < 1.29 is 75.1 Å². The fourth-order valence-electron chi connectivity index (χ4n) is 0. The quantitative estimate of drug-likeness (QED) is 0.505. The van der Waals surface area contributed by atoms with E-state index >= 15 is 0 Å². The zero-order chi connectivity index (χ0) is 0. The van der Waals surface area contributed by atoms with Crippen LogP contribution in [-0.4, -0.2) is 0 Å². The Morgan fingerprint density at radius 2 is 0.750 bits per heavy atom. The zero-order valence-corrected chi connectivity index (χ0v) is 8.36. The minimum Gasteiger partial charge on any atom is 0 e. The van der Waals surface area contributed by atoms with Gasteiger partial charge in [0, 0.05) is 75.1 Å². The van der Waals surface area contributed by atoms with E-state index in [0.717, 1.165) is 0 Å². The smallest absolute Gasteiger partial charge is 0 e. The average Bonchev–Trinajstić information content (AvgIpc) is 0. The van der Waals surface area contributed by atoms with Gasteiger partial charge in [0.1, 0.15) is 0 Å². The van der Waals surface area contributed by atoms with Crippen LogP contribution in [0.2, 0.25) is 0 Å². The van der Waals surface area contributed by atoms with Crippen molar-refractivity contribution in [2.45, 2.75) is 0 Å². The Kier molecular flexibility index (Phi) is 150. The molecule has 0 aliphatic heterocycles. The molecule has 32 valence electrons. The molecule has 0 nitrogen and oxygen atoms in total. The van der Waals surface area contributed by atoms with Crippen LogP contribution < -0.4 is 0 Å². The van der Waals surface area contributed by atoms with Crippen molar-refractivity contribution in [3.8, 4) is 0 Å². The van der Waals surface area contributed by atoms with Gasteiger partial charge in [-0.2, -0.15) is 0 Å². The minimum atomic E-state index is 0. The van der Waals surface area contributed by atoms with E-state index in [9.17, 15) is 0 Å². The number of hydrogen-bond donors (Lipinski definition) is 0. The number of hydrogen-bond acceptors (Lipinski definition) is 0. The summed E-state index contributed by atoms with van der Waals surface area (Å²) in [6.45, 7) is 0. The third kappa shape index (κ3) is 8.84. The Morgan fingerprint density at radius 3 is 0.750 bits per heavy atom. The third-order valence-corrected chi connectivity index (χ3v) is 0. The maximum atomic E-state index is 0. The summed E-state index contributed by atoms with van der Waals surface area (Å²) in [6, 6.07) is 0. The monoisotopic (exact) mass is 398 g/mol. The van der Waals surface area contributed by atoms with Crippen molar-refractivity contribution in [3.05, 3.63) is 0 Å². The van der Waals surface area contributed by atoms with Crippen LogP contribution in [0, 0.1) is 0 Å². The average molecular weight is 397 g/mol. The zero-order valence-electron chi connectivity index (χ0n) is 1.45. The molecule has 0 aromatic carbocycles. The maximum Gasteiger partial charge on any atom is 0 e. The van der Waals surface area contributed by atoms with Gasteiger partial charge in [-0.15, -0.1) is 0 Å². The summed E-state index contributed by atoms with van der Waals surface area (Å²) in [5, 5.41) is 0. The fraction of sp³-hybridized carbons (Fsp3) is 0. The molecule has 4 heteroatoms. The Hall–Kier alpha value is 2.36. The van der Waals surface area contributed by atoms with Crippen molar-refractivity contribution in [2.75, 3.05) is 0 Å². The van der Waals surface area contributed by atoms with Gasteiger partial charge in [0.25, 0.3) is 0 Å². The minimum absolute atomic E-state index is 0. The molecule has 0 aromatic rings. The summed E-state index contributed by atoms with van der Waals surface area (Å²) in [7, 11) is 0. The first-order valence-corrected chi connectivity index (χ1v) is 0. The Morgan fingerprint density at radius 1 is 0.750 bits per heavy atom. The normalized spacial score (nSPS) is 0. The second-order valence-electron chi connectivity index (χ2n) is 0. The van der Waals surface area contributed by atoms with Crippen LogP contribution >= 0.6 is 0 Å². The molecule has 0 unspecified atom stereocenters. The summed E-state index contributed by atoms with van der Waals surface area (Å²) in [6.07, 6.45) is 0. The van der Waals surface area contributed by atoms with Gasteiger partial charge in [-0.3, -0.25) is 0 Å². The molecule has 0 spiro atoms. The first kappa shape index (κ1) is 32.8. The van der Waals surface area contributed by atoms with Crippen LogP contribution in [0.5, 0.6) is 0 Å². The van der Waals surface area contributed by atoms with E-state index in [1.54, 1.807) is 0 Å². The molecule has 0 fully saturated rings. The molecule has 0 N–H and O–H groups in total. The molecule has 0 heterocycles. The van der Waals surface area contributed by atoms with Gasteiger partial charge < -0.3 is 0 Å². The predicted octanol–water partition coefficient (Wildman–Crippen LogP) is -0.0100. The molecular weight excluding hydrogens is 397 g/mol. The molecule has 0 bridgehead atoms. The maximum absolute atomic E-state index is 0. The molecular formula is MoNi2W. The van der Waals surface area contributed by atoms with E-state index in [-0.39, 0.29) is 75.1 Å². The van der Waals surface area contributed by atoms with Crippen molar-refractivity contribution in [3.63, 3.8) is 0 Å². The van der Waals surface area contributed by atoms with Gasteiger partial charge in [-0.25, -0.2) is 0 Å². The van der Waals surface area contributed by atoms with Crippen LogP contribution in [-0.2, 0) is 75.1 Å².